The molecule has 0 heterocycles. The Morgan fingerprint density at radius 3 is 1.83 bits per heavy atom. The van der Waals surface area contributed by atoms with Gasteiger partial charge in [0.05, 0.1) is 10.8 Å². The van der Waals surface area contributed by atoms with Crippen molar-refractivity contribution in [1.82, 2.24) is 0 Å². The highest BCUT2D eigenvalue weighted by atomic mass is 16.5. The van der Waals surface area contributed by atoms with E-state index in [1.807, 2.05) is 41.5 Å². The molecule has 164 valence electrons. The Morgan fingerprint density at radius 2 is 1.33 bits per heavy atom. The number of phenolic OH excluding ortho intramolecular Hbond substituents is 2. The van der Waals surface area contributed by atoms with E-state index in [0.717, 1.165) is 0 Å². The van der Waals surface area contributed by atoms with Crippen molar-refractivity contribution in [2.45, 2.75) is 54.4 Å². The molecule has 0 aliphatic heterocycles. The molecule has 6 nitrogen and oxygen atoms in total. The largest absolute Gasteiger partial charge is 0.508 e. The van der Waals surface area contributed by atoms with Crippen LogP contribution in [0.2, 0.25) is 0 Å². The molecule has 6 heteroatoms. The van der Waals surface area contributed by atoms with Gasteiger partial charge in [0, 0.05) is 6.07 Å². The maximum absolute atomic E-state index is 11.7. The maximum Gasteiger partial charge on any atom is 0.317 e. The molecule has 0 atom stereocenters. The molecule has 0 amide bonds. The minimum atomic E-state index is -0.526. The summed E-state index contributed by atoms with van der Waals surface area (Å²) < 4.78 is 10.3. The second-order valence-corrected chi connectivity index (χ2v) is 8.22. The normalized spacial score (nSPS) is 11.1. The number of phenols is 2. The highest BCUT2D eigenvalue weighted by molar-refractivity contribution is 5.79. The van der Waals surface area contributed by atoms with Crippen molar-refractivity contribution < 1.29 is 29.3 Å². The van der Waals surface area contributed by atoms with Crippen LogP contribution in [0.4, 0.5) is 0 Å². The highest BCUT2D eigenvalue weighted by Gasteiger charge is 2.28. The van der Waals surface area contributed by atoms with Gasteiger partial charge in [0.2, 0.25) is 0 Å². The predicted molar refractivity (Wildman–Crippen MR) is 116 cm³/mol. The second kappa shape index (κ2) is 10.7. The summed E-state index contributed by atoms with van der Waals surface area (Å²) in [6, 6.07) is 12.7. The SMILES string of the molecule is CCC(C)(C)C(=O)Oc1cccc(O)c1.CCC(C)(C)C(=O)Oc1ccccc1O. The molecule has 0 aliphatic rings. The molecule has 0 spiro atoms. The van der Waals surface area contributed by atoms with Crippen LogP contribution in [0.15, 0.2) is 48.5 Å². The van der Waals surface area contributed by atoms with Gasteiger partial charge in [-0.2, -0.15) is 0 Å². The lowest BCUT2D eigenvalue weighted by Gasteiger charge is -2.20. The zero-order valence-corrected chi connectivity index (χ0v) is 18.6. The van der Waals surface area contributed by atoms with Gasteiger partial charge in [0.15, 0.2) is 11.5 Å². The molecule has 0 bridgehead atoms. The summed E-state index contributed by atoms with van der Waals surface area (Å²) >= 11 is 0. The van der Waals surface area contributed by atoms with Gasteiger partial charge in [0.25, 0.3) is 0 Å². The third-order valence-electron chi connectivity index (χ3n) is 4.97. The molecule has 0 saturated carbocycles. The van der Waals surface area contributed by atoms with Crippen molar-refractivity contribution in [3.8, 4) is 23.0 Å². The molecule has 0 saturated heterocycles. The molecule has 2 N–H and O–H groups in total. The summed E-state index contributed by atoms with van der Waals surface area (Å²) in [6.07, 6.45) is 1.41. The fourth-order valence-corrected chi connectivity index (χ4v) is 1.86. The number of hydrogen-bond acceptors (Lipinski definition) is 6. The average Bonchev–Trinajstić information content (AvgIpc) is 2.70. The van der Waals surface area contributed by atoms with Gasteiger partial charge in [-0.05, 0) is 64.8 Å². The topological polar surface area (TPSA) is 93.1 Å². The number of aromatic hydroxyl groups is 2. The Bertz CT molecular complexity index is 854. The van der Waals surface area contributed by atoms with Crippen LogP contribution in [0.1, 0.15) is 54.4 Å². The van der Waals surface area contributed by atoms with Crippen LogP contribution < -0.4 is 9.47 Å². The van der Waals surface area contributed by atoms with Crippen LogP contribution >= 0.6 is 0 Å². The zero-order valence-electron chi connectivity index (χ0n) is 18.6. The number of esters is 2. The Balaban J connectivity index is 0.000000300. The smallest absolute Gasteiger partial charge is 0.317 e. The number of rotatable bonds is 6. The fraction of sp³-hybridized carbons (Fsp3) is 0.417. The first-order chi connectivity index (χ1) is 13.9. The third kappa shape index (κ3) is 7.43. The van der Waals surface area contributed by atoms with Gasteiger partial charge in [-0.1, -0.05) is 32.0 Å². The summed E-state index contributed by atoms with van der Waals surface area (Å²) in [5.74, 6) is 0.0556. The van der Waals surface area contributed by atoms with Crippen molar-refractivity contribution in [2.75, 3.05) is 0 Å². The van der Waals surface area contributed by atoms with Gasteiger partial charge in [0.1, 0.15) is 11.5 Å². The summed E-state index contributed by atoms with van der Waals surface area (Å²) in [7, 11) is 0. The van der Waals surface area contributed by atoms with E-state index in [1.165, 1.54) is 18.2 Å². The Hall–Kier alpha value is -3.02. The van der Waals surface area contributed by atoms with E-state index in [2.05, 4.69) is 0 Å². The van der Waals surface area contributed by atoms with Crippen LogP contribution in [-0.4, -0.2) is 22.2 Å². The van der Waals surface area contributed by atoms with Crippen LogP contribution in [0.3, 0.4) is 0 Å². The minimum absolute atomic E-state index is 0.0160. The number of hydrogen-bond donors (Lipinski definition) is 2. The monoisotopic (exact) mass is 416 g/mol. The van der Waals surface area contributed by atoms with Gasteiger partial charge < -0.3 is 19.7 Å². The number of carbonyl (C=O) groups is 2. The molecule has 0 aromatic heterocycles. The minimum Gasteiger partial charge on any atom is -0.508 e. The van der Waals surface area contributed by atoms with Gasteiger partial charge >= 0.3 is 11.9 Å². The van der Waals surface area contributed by atoms with E-state index in [1.54, 1.807) is 30.3 Å². The van der Waals surface area contributed by atoms with Gasteiger partial charge in [-0.25, -0.2) is 0 Å². The van der Waals surface area contributed by atoms with Crippen molar-refractivity contribution in [1.29, 1.82) is 0 Å². The molecular weight excluding hydrogens is 384 g/mol. The van der Waals surface area contributed by atoms with E-state index < -0.39 is 10.8 Å². The fourth-order valence-electron chi connectivity index (χ4n) is 1.86. The summed E-state index contributed by atoms with van der Waals surface area (Å²) in [5.41, 5.74) is -1.02. The Labute approximate surface area is 178 Å². The molecule has 2 aromatic rings. The number of benzene rings is 2. The van der Waals surface area contributed by atoms with E-state index in [-0.39, 0.29) is 29.2 Å². The lowest BCUT2D eigenvalue weighted by atomic mass is 9.91. The number of ether oxygens (including phenoxy) is 2. The first-order valence-corrected chi connectivity index (χ1v) is 9.94. The summed E-state index contributed by atoms with van der Waals surface area (Å²) in [6.45, 7) is 11.1. The molecule has 0 fully saturated rings. The van der Waals surface area contributed by atoms with Crippen molar-refractivity contribution in [2.24, 2.45) is 10.8 Å². The zero-order chi connectivity index (χ0) is 22.9. The number of carbonyl (C=O) groups excluding carboxylic acids is 2. The molecular formula is C24H32O6. The summed E-state index contributed by atoms with van der Waals surface area (Å²) in [4.78, 5) is 23.4. The van der Waals surface area contributed by atoms with Crippen molar-refractivity contribution in [3.05, 3.63) is 48.5 Å². The third-order valence-corrected chi connectivity index (χ3v) is 4.97. The van der Waals surface area contributed by atoms with E-state index >= 15 is 0 Å². The first-order valence-electron chi connectivity index (χ1n) is 9.94. The number of para-hydroxylation sites is 2. The highest BCUT2D eigenvalue weighted by Crippen LogP contribution is 2.29. The van der Waals surface area contributed by atoms with Crippen molar-refractivity contribution >= 4 is 11.9 Å². The van der Waals surface area contributed by atoms with E-state index in [9.17, 15) is 19.8 Å². The molecule has 30 heavy (non-hydrogen) atoms. The van der Waals surface area contributed by atoms with Crippen LogP contribution in [0, 0.1) is 10.8 Å². The first kappa shape index (κ1) is 25.0. The Kier molecular flexibility index (Phi) is 8.90. The molecule has 0 radical (unpaired) electrons. The summed E-state index contributed by atoms with van der Waals surface area (Å²) in [5, 5.41) is 18.6. The Morgan fingerprint density at radius 1 is 0.800 bits per heavy atom. The van der Waals surface area contributed by atoms with Crippen LogP contribution in [0.25, 0.3) is 0 Å². The molecule has 0 unspecified atom stereocenters. The van der Waals surface area contributed by atoms with Crippen LogP contribution in [-0.2, 0) is 9.59 Å². The predicted octanol–water partition coefficient (Wildman–Crippen LogP) is 5.47. The lowest BCUT2D eigenvalue weighted by Crippen LogP contribution is -2.28. The average molecular weight is 417 g/mol. The van der Waals surface area contributed by atoms with Crippen LogP contribution in [0.5, 0.6) is 23.0 Å². The second-order valence-electron chi connectivity index (χ2n) is 8.22. The van der Waals surface area contributed by atoms with E-state index in [4.69, 9.17) is 9.47 Å². The van der Waals surface area contributed by atoms with Gasteiger partial charge in [-0.3, -0.25) is 9.59 Å². The van der Waals surface area contributed by atoms with E-state index in [0.29, 0.717) is 18.6 Å². The quantitative estimate of drug-likeness (QED) is 0.479. The molecule has 0 aliphatic carbocycles. The van der Waals surface area contributed by atoms with Gasteiger partial charge in [-0.15, -0.1) is 0 Å². The molecule has 2 rings (SSSR count). The lowest BCUT2D eigenvalue weighted by molar-refractivity contribution is -0.145. The molecule has 2 aromatic carbocycles. The van der Waals surface area contributed by atoms with Crippen molar-refractivity contribution in [3.63, 3.8) is 0 Å². The maximum atomic E-state index is 11.7. The standard InChI is InChI=1S/2C12H16O3/c1-4-12(2,3)11(14)15-10-7-5-6-9(13)8-10;1-4-12(2,3)11(14)15-10-8-6-5-7-9(10)13/h2*5-8,13H,4H2,1-3H3.